The number of hydrogen-bond acceptors (Lipinski definition) is 3. The zero-order valence-corrected chi connectivity index (χ0v) is 12.9. The van der Waals surface area contributed by atoms with Crippen molar-refractivity contribution in [2.24, 2.45) is 0 Å². The molecule has 0 aliphatic heterocycles. The summed E-state index contributed by atoms with van der Waals surface area (Å²) in [6.07, 6.45) is 0. The van der Waals surface area contributed by atoms with Gasteiger partial charge in [0.05, 0.1) is 0 Å². The van der Waals surface area contributed by atoms with Gasteiger partial charge < -0.3 is 4.74 Å². The topological polar surface area (TPSA) is 43.4 Å². The van der Waals surface area contributed by atoms with E-state index in [4.69, 9.17) is 4.74 Å². The fourth-order valence-corrected chi connectivity index (χ4v) is 2.92. The summed E-state index contributed by atoms with van der Waals surface area (Å²) in [6, 6.07) is 21.7. The van der Waals surface area contributed by atoms with Gasteiger partial charge in [-0.05, 0) is 29.8 Å². The zero-order chi connectivity index (χ0) is 16.5. The lowest BCUT2D eigenvalue weighted by molar-refractivity contribution is 0.0979. The fourth-order valence-electron chi connectivity index (χ4n) is 2.92. The van der Waals surface area contributed by atoms with Crippen LogP contribution in [-0.4, -0.2) is 11.6 Å². The fraction of sp³-hybridized carbons (Fsp3) is 0.0476. The average molecular weight is 314 g/mol. The standard InChI is InChI=1S/C21H14O3/c22-20-16-8-4-5-9-17(16)21(23)19-12-14(10-11-18(19)20)13-24-15-6-2-1-3-7-15/h1-12H,13H2. The Labute approximate surface area is 139 Å². The predicted octanol–water partition coefficient (Wildman–Crippen LogP) is 4.04. The highest BCUT2D eigenvalue weighted by Gasteiger charge is 2.29. The van der Waals surface area contributed by atoms with Crippen LogP contribution in [0.2, 0.25) is 0 Å². The summed E-state index contributed by atoms with van der Waals surface area (Å²) in [5.41, 5.74) is 2.72. The maximum atomic E-state index is 12.7. The molecule has 4 rings (SSSR count). The monoisotopic (exact) mass is 314 g/mol. The molecule has 0 saturated carbocycles. The van der Waals surface area contributed by atoms with Crippen LogP contribution in [-0.2, 0) is 6.61 Å². The van der Waals surface area contributed by atoms with Crippen LogP contribution < -0.4 is 4.74 Å². The molecule has 3 nitrogen and oxygen atoms in total. The maximum Gasteiger partial charge on any atom is 0.194 e. The second-order valence-corrected chi connectivity index (χ2v) is 5.69. The second-order valence-electron chi connectivity index (χ2n) is 5.69. The van der Waals surface area contributed by atoms with Crippen molar-refractivity contribution in [3.63, 3.8) is 0 Å². The summed E-state index contributed by atoms with van der Waals surface area (Å²) in [5.74, 6) is 0.556. The van der Waals surface area contributed by atoms with E-state index in [0.717, 1.165) is 11.3 Å². The Hall–Kier alpha value is -3.20. The number of carbonyl (C=O) groups is 2. The first-order chi connectivity index (χ1) is 11.7. The summed E-state index contributed by atoms with van der Waals surface area (Å²) in [6.45, 7) is 0.348. The molecule has 0 radical (unpaired) electrons. The van der Waals surface area contributed by atoms with Crippen molar-refractivity contribution in [1.82, 2.24) is 0 Å². The van der Waals surface area contributed by atoms with E-state index in [1.54, 1.807) is 36.4 Å². The van der Waals surface area contributed by atoms with Gasteiger partial charge in [-0.25, -0.2) is 0 Å². The number of hydrogen-bond donors (Lipinski definition) is 0. The van der Waals surface area contributed by atoms with E-state index >= 15 is 0 Å². The second kappa shape index (κ2) is 5.78. The molecule has 1 aliphatic carbocycles. The van der Waals surface area contributed by atoms with Crippen LogP contribution in [0.1, 0.15) is 37.4 Å². The number of fused-ring (bicyclic) bond motifs is 2. The van der Waals surface area contributed by atoms with E-state index in [1.807, 2.05) is 36.4 Å². The molecule has 116 valence electrons. The molecular weight excluding hydrogens is 300 g/mol. The van der Waals surface area contributed by atoms with Gasteiger partial charge in [0.1, 0.15) is 12.4 Å². The first-order valence-corrected chi connectivity index (χ1v) is 7.73. The van der Waals surface area contributed by atoms with Gasteiger partial charge >= 0.3 is 0 Å². The van der Waals surface area contributed by atoms with E-state index in [-0.39, 0.29) is 11.6 Å². The van der Waals surface area contributed by atoms with E-state index in [1.165, 1.54) is 0 Å². The van der Waals surface area contributed by atoms with Gasteiger partial charge in [-0.1, -0.05) is 48.5 Å². The van der Waals surface area contributed by atoms with Crippen LogP contribution in [0, 0.1) is 0 Å². The molecule has 1 aliphatic rings. The van der Waals surface area contributed by atoms with Crippen LogP contribution in [0.4, 0.5) is 0 Å². The highest BCUT2D eigenvalue weighted by Crippen LogP contribution is 2.28. The molecule has 0 fully saturated rings. The van der Waals surface area contributed by atoms with Crippen molar-refractivity contribution in [2.45, 2.75) is 6.61 Å². The maximum absolute atomic E-state index is 12.7. The van der Waals surface area contributed by atoms with Crippen molar-refractivity contribution in [2.75, 3.05) is 0 Å². The highest BCUT2D eigenvalue weighted by molar-refractivity contribution is 6.28. The van der Waals surface area contributed by atoms with E-state index in [0.29, 0.717) is 28.9 Å². The van der Waals surface area contributed by atoms with Crippen LogP contribution in [0.5, 0.6) is 5.75 Å². The molecule has 0 heterocycles. The minimum absolute atomic E-state index is 0.101. The summed E-state index contributed by atoms with van der Waals surface area (Å²) >= 11 is 0. The van der Waals surface area contributed by atoms with Gasteiger partial charge in [-0.15, -0.1) is 0 Å². The summed E-state index contributed by atoms with van der Waals surface area (Å²) in [5, 5.41) is 0. The van der Waals surface area contributed by atoms with Gasteiger partial charge in [-0.2, -0.15) is 0 Å². The molecule has 0 amide bonds. The molecule has 0 spiro atoms. The number of rotatable bonds is 3. The van der Waals surface area contributed by atoms with Crippen molar-refractivity contribution < 1.29 is 14.3 Å². The highest BCUT2D eigenvalue weighted by atomic mass is 16.5. The van der Waals surface area contributed by atoms with E-state index < -0.39 is 0 Å². The predicted molar refractivity (Wildman–Crippen MR) is 90.5 cm³/mol. The Kier molecular flexibility index (Phi) is 3.47. The summed E-state index contributed by atoms with van der Waals surface area (Å²) in [7, 11) is 0. The zero-order valence-electron chi connectivity index (χ0n) is 12.9. The molecule has 3 aromatic carbocycles. The summed E-state index contributed by atoms with van der Waals surface area (Å²) in [4.78, 5) is 25.2. The lowest BCUT2D eigenvalue weighted by atomic mass is 9.83. The third-order valence-electron chi connectivity index (χ3n) is 4.14. The van der Waals surface area contributed by atoms with Crippen LogP contribution in [0.3, 0.4) is 0 Å². The van der Waals surface area contributed by atoms with Crippen molar-refractivity contribution >= 4 is 11.6 Å². The van der Waals surface area contributed by atoms with E-state index in [9.17, 15) is 9.59 Å². The Morgan fingerprint density at radius 2 is 1.21 bits per heavy atom. The Bertz CT molecular complexity index is 942. The lowest BCUT2D eigenvalue weighted by Crippen LogP contribution is -2.21. The molecule has 3 aromatic rings. The minimum Gasteiger partial charge on any atom is -0.489 e. The molecular formula is C21H14O3. The third-order valence-corrected chi connectivity index (χ3v) is 4.14. The SMILES string of the molecule is O=C1c2ccccc2C(=O)c2cc(COc3ccccc3)ccc21. The first kappa shape index (κ1) is 14.4. The smallest absolute Gasteiger partial charge is 0.194 e. The van der Waals surface area contributed by atoms with Crippen LogP contribution in [0.25, 0.3) is 0 Å². The number of ether oxygens (including phenoxy) is 1. The Morgan fingerprint density at radius 1 is 0.625 bits per heavy atom. The largest absolute Gasteiger partial charge is 0.489 e. The van der Waals surface area contributed by atoms with Gasteiger partial charge in [-0.3, -0.25) is 9.59 Å². The molecule has 0 aromatic heterocycles. The summed E-state index contributed by atoms with van der Waals surface area (Å²) < 4.78 is 5.72. The van der Waals surface area contributed by atoms with Crippen molar-refractivity contribution in [3.05, 3.63) is 101 Å². The minimum atomic E-state index is -0.109. The number of carbonyl (C=O) groups excluding carboxylic acids is 2. The lowest BCUT2D eigenvalue weighted by Gasteiger charge is -2.18. The number of para-hydroxylation sites is 1. The van der Waals surface area contributed by atoms with Gasteiger partial charge in [0.25, 0.3) is 0 Å². The molecule has 0 unspecified atom stereocenters. The molecule has 3 heteroatoms. The molecule has 24 heavy (non-hydrogen) atoms. The first-order valence-electron chi connectivity index (χ1n) is 7.73. The molecule has 0 bridgehead atoms. The third kappa shape index (κ3) is 2.40. The average Bonchev–Trinajstić information content (AvgIpc) is 2.65. The number of ketones is 2. The Morgan fingerprint density at radius 3 is 1.92 bits per heavy atom. The molecule has 0 N–H and O–H groups in total. The number of benzene rings is 3. The van der Waals surface area contributed by atoms with E-state index in [2.05, 4.69) is 0 Å². The molecule has 0 saturated heterocycles. The van der Waals surface area contributed by atoms with Gasteiger partial charge in [0.15, 0.2) is 11.6 Å². The Balaban J connectivity index is 1.66. The van der Waals surface area contributed by atoms with Gasteiger partial charge in [0.2, 0.25) is 0 Å². The van der Waals surface area contributed by atoms with Crippen LogP contribution in [0.15, 0.2) is 72.8 Å². The van der Waals surface area contributed by atoms with Gasteiger partial charge in [0, 0.05) is 22.3 Å². The van der Waals surface area contributed by atoms with Crippen molar-refractivity contribution in [3.8, 4) is 5.75 Å². The van der Waals surface area contributed by atoms with Crippen molar-refractivity contribution in [1.29, 1.82) is 0 Å². The molecule has 0 atom stereocenters. The quantitative estimate of drug-likeness (QED) is 0.573. The van der Waals surface area contributed by atoms with Crippen LogP contribution >= 0.6 is 0 Å². The normalized spacial score (nSPS) is 12.5.